The molecule has 308 valence electrons. The molecule has 8 N–H and O–H groups in total. The van der Waals surface area contributed by atoms with E-state index in [9.17, 15) is 44.7 Å². The first-order valence-corrected chi connectivity index (χ1v) is 16.5. The Bertz CT molecular complexity index is 1920. The summed E-state index contributed by atoms with van der Waals surface area (Å²) in [6.07, 6.45) is -9.13. The third-order valence-corrected chi connectivity index (χ3v) is 7.83. The Balaban J connectivity index is 0.000000417. The van der Waals surface area contributed by atoms with Crippen molar-refractivity contribution in [2.45, 2.75) is 38.3 Å². The highest BCUT2D eigenvalue weighted by atomic mass is 35.5. The van der Waals surface area contributed by atoms with Crippen LogP contribution in [0.15, 0.2) is 108 Å². The molecule has 57 heavy (non-hydrogen) atoms. The number of halogens is 9. The summed E-state index contributed by atoms with van der Waals surface area (Å²) in [5, 5.41) is 46.1. The maximum atomic E-state index is 13.8. The molecule has 0 fully saturated rings. The third-order valence-electron chi connectivity index (χ3n) is 7.11. The number of nitrogens with two attached hydrogens (primary N) is 1. The van der Waals surface area contributed by atoms with Gasteiger partial charge in [0.05, 0.1) is 11.1 Å². The molecule has 0 radical (unpaired) electrons. The summed E-state index contributed by atoms with van der Waals surface area (Å²) in [7, 11) is 0.103. The monoisotopic (exact) mass is 833 g/mol. The van der Waals surface area contributed by atoms with E-state index in [1.807, 2.05) is 32.8 Å². The Morgan fingerprint density at radius 3 is 1.40 bits per heavy atom. The SMILES string of the molecule is CC(C)=C(Cl)N(C)C.NC(c1ccccc1)C(F)(F)F.O=C(NC(c1ccccc1)C(F)(F)F)c1ccc(B(O)O)cc1F.O=C(O)c1ccc(B(O)O)cc1F. The number of aromatic carboxylic acids is 1. The van der Waals surface area contributed by atoms with Gasteiger partial charge in [-0.15, -0.1) is 0 Å². The zero-order chi connectivity index (χ0) is 43.8. The van der Waals surface area contributed by atoms with E-state index in [0.29, 0.717) is 6.07 Å². The van der Waals surface area contributed by atoms with Gasteiger partial charge in [0.1, 0.15) is 22.8 Å². The molecule has 4 aromatic carbocycles. The van der Waals surface area contributed by atoms with E-state index in [2.05, 4.69) is 0 Å². The summed E-state index contributed by atoms with van der Waals surface area (Å²) in [6.45, 7) is 3.98. The number of hydrogen-bond acceptors (Lipinski definition) is 8. The minimum Gasteiger partial charge on any atom is -0.478 e. The Hall–Kier alpha value is -4.98. The van der Waals surface area contributed by atoms with Gasteiger partial charge in [0, 0.05) is 14.1 Å². The van der Waals surface area contributed by atoms with Crippen molar-refractivity contribution >= 4 is 48.6 Å². The fourth-order valence-electron chi connectivity index (χ4n) is 4.25. The van der Waals surface area contributed by atoms with E-state index in [1.165, 1.54) is 54.6 Å². The van der Waals surface area contributed by atoms with Gasteiger partial charge in [-0.25, -0.2) is 13.6 Å². The number of benzene rings is 4. The maximum absolute atomic E-state index is 13.8. The van der Waals surface area contributed by atoms with Crippen LogP contribution in [0.4, 0.5) is 35.1 Å². The van der Waals surface area contributed by atoms with E-state index in [1.54, 1.807) is 11.4 Å². The van der Waals surface area contributed by atoms with Crippen molar-refractivity contribution in [2.75, 3.05) is 14.1 Å². The summed E-state index contributed by atoms with van der Waals surface area (Å²) in [4.78, 5) is 24.2. The second-order valence-corrected chi connectivity index (χ2v) is 12.4. The zero-order valence-electron chi connectivity index (χ0n) is 30.5. The fraction of sp³-hybridized carbons (Fsp3) is 0.222. The van der Waals surface area contributed by atoms with E-state index in [0.717, 1.165) is 41.1 Å². The van der Waals surface area contributed by atoms with Crippen LogP contribution in [0.3, 0.4) is 0 Å². The van der Waals surface area contributed by atoms with Crippen LogP contribution < -0.4 is 22.0 Å². The van der Waals surface area contributed by atoms with Crippen molar-refractivity contribution < 1.29 is 69.9 Å². The lowest BCUT2D eigenvalue weighted by Gasteiger charge is -2.22. The normalized spacial score (nSPS) is 11.8. The van der Waals surface area contributed by atoms with Gasteiger partial charge in [0.15, 0.2) is 6.04 Å². The number of alkyl halides is 6. The molecule has 0 aliphatic rings. The second kappa shape index (κ2) is 22.7. The number of amides is 1. The molecular weight excluding hydrogens is 795 g/mol. The molecular formula is C36H38B2ClF8N3O7. The highest BCUT2D eigenvalue weighted by Gasteiger charge is 2.42. The summed E-state index contributed by atoms with van der Waals surface area (Å²) in [6, 6.07) is 15.4. The number of hydrogen-bond donors (Lipinski definition) is 7. The zero-order valence-corrected chi connectivity index (χ0v) is 31.3. The standard InChI is InChI=1S/C15H12BF4NO3.C8H8F3N.C7H6BFO4.C6H12ClN/c17-12-8-10(16(23)24)6-7-11(12)14(22)21-13(15(18,19)20)9-4-2-1-3-5-9;9-8(10,11)7(12)6-4-2-1-3-5-6;9-6-3-4(8(12)13)1-2-5(6)7(10)11;1-5(2)6(7)8(3)4/h1-8,13,23-24H,(H,21,22);1-5,7H,12H2;1-3,12-13H,(H,10,11);1-4H3. The van der Waals surface area contributed by atoms with Crippen LogP contribution in [-0.4, -0.2) is 82.7 Å². The first-order chi connectivity index (χ1) is 26.3. The maximum Gasteiger partial charge on any atom is 0.488 e. The lowest BCUT2D eigenvalue weighted by molar-refractivity contribution is -0.155. The summed E-state index contributed by atoms with van der Waals surface area (Å²) >= 11 is 5.76. The molecule has 4 rings (SSSR count). The summed E-state index contributed by atoms with van der Waals surface area (Å²) in [5.41, 5.74) is 4.56. The summed E-state index contributed by atoms with van der Waals surface area (Å²) < 4.78 is 102. The smallest absolute Gasteiger partial charge is 0.478 e. The molecule has 10 nitrogen and oxygen atoms in total. The van der Waals surface area contributed by atoms with Gasteiger partial charge >= 0.3 is 32.6 Å². The number of nitrogens with one attached hydrogen (secondary N) is 1. The minimum absolute atomic E-state index is 0.0810. The van der Waals surface area contributed by atoms with Crippen molar-refractivity contribution in [3.05, 3.63) is 142 Å². The predicted molar refractivity (Wildman–Crippen MR) is 199 cm³/mol. The summed E-state index contributed by atoms with van der Waals surface area (Å²) in [5.74, 6) is -4.81. The van der Waals surface area contributed by atoms with Crippen molar-refractivity contribution in [1.82, 2.24) is 10.2 Å². The molecule has 4 aromatic rings. The first-order valence-electron chi connectivity index (χ1n) is 16.1. The molecule has 0 spiro atoms. The molecule has 1 amide bonds. The number of allylic oxidation sites excluding steroid dienone is 1. The van der Waals surface area contributed by atoms with Crippen LogP contribution in [0, 0.1) is 11.6 Å². The van der Waals surface area contributed by atoms with Gasteiger partial charge in [-0.1, -0.05) is 84.4 Å². The van der Waals surface area contributed by atoms with Gasteiger partial charge in [-0.2, -0.15) is 26.3 Å². The third kappa shape index (κ3) is 17.0. The number of carboxylic acids is 1. The highest BCUT2D eigenvalue weighted by molar-refractivity contribution is 6.59. The van der Waals surface area contributed by atoms with Crippen LogP contribution >= 0.6 is 11.6 Å². The van der Waals surface area contributed by atoms with Crippen LogP contribution in [0.5, 0.6) is 0 Å². The fourth-order valence-corrected chi connectivity index (χ4v) is 4.25. The van der Waals surface area contributed by atoms with Gasteiger partial charge in [0.25, 0.3) is 5.91 Å². The van der Waals surface area contributed by atoms with Crippen molar-refractivity contribution in [3.8, 4) is 0 Å². The number of carbonyl (C=O) groups excluding carboxylic acids is 1. The van der Waals surface area contributed by atoms with Gasteiger partial charge in [0.2, 0.25) is 0 Å². The van der Waals surface area contributed by atoms with E-state index in [-0.39, 0.29) is 22.1 Å². The first kappa shape index (κ1) is 50.0. The van der Waals surface area contributed by atoms with E-state index >= 15 is 0 Å². The van der Waals surface area contributed by atoms with Gasteiger partial charge < -0.3 is 41.2 Å². The molecule has 0 aromatic heterocycles. The number of carbonyl (C=O) groups is 2. The van der Waals surface area contributed by atoms with Crippen LogP contribution in [0.1, 0.15) is 57.8 Å². The average molecular weight is 834 g/mol. The Labute approximate surface area is 328 Å². The largest absolute Gasteiger partial charge is 0.488 e. The predicted octanol–water partition coefficient (Wildman–Crippen LogP) is 5.03. The number of rotatable bonds is 8. The number of carboxylic acid groups (broad SMARTS) is 1. The van der Waals surface area contributed by atoms with Crippen LogP contribution in [0.2, 0.25) is 0 Å². The molecule has 21 heteroatoms. The lowest BCUT2D eigenvalue weighted by atomic mass is 9.80. The Kier molecular flexibility index (Phi) is 19.9. The van der Waals surface area contributed by atoms with Crippen molar-refractivity contribution in [1.29, 1.82) is 0 Å². The molecule has 0 heterocycles. The second-order valence-electron chi connectivity index (χ2n) is 12.0. The lowest BCUT2D eigenvalue weighted by Crippen LogP contribution is -2.39. The molecule has 0 saturated heterocycles. The quantitative estimate of drug-likeness (QED) is 0.0730. The van der Waals surface area contributed by atoms with E-state index < -0.39 is 73.3 Å². The van der Waals surface area contributed by atoms with Crippen molar-refractivity contribution in [2.24, 2.45) is 5.73 Å². The van der Waals surface area contributed by atoms with Gasteiger partial charge in [-0.05, 0) is 65.7 Å². The van der Waals surface area contributed by atoms with Crippen molar-refractivity contribution in [3.63, 3.8) is 0 Å². The van der Waals surface area contributed by atoms with Crippen LogP contribution in [-0.2, 0) is 0 Å². The highest BCUT2D eigenvalue weighted by Crippen LogP contribution is 2.33. The Morgan fingerprint density at radius 1 is 0.702 bits per heavy atom. The molecule has 2 atom stereocenters. The molecule has 0 aliphatic heterocycles. The molecule has 2 unspecified atom stereocenters. The number of nitrogens with zero attached hydrogens (tertiary/aromatic N) is 1. The molecule has 0 saturated carbocycles. The topological polar surface area (TPSA) is 177 Å². The Morgan fingerprint density at radius 2 is 1.11 bits per heavy atom. The van der Waals surface area contributed by atoms with Crippen LogP contribution in [0.25, 0.3) is 0 Å². The molecule has 0 bridgehead atoms. The average Bonchev–Trinajstić information content (AvgIpc) is 3.13. The van der Waals surface area contributed by atoms with E-state index in [4.69, 9.17) is 42.5 Å². The van der Waals surface area contributed by atoms with Gasteiger partial charge in [-0.3, -0.25) is 4.79 Å². The minimum atomic E-state index is -4.77. The molecule has 0 aliphatic carbocycles.